The van der Waals surface area contributed by atoms with Gasteiger partial charge in [-0.15, -0.1) is 0 Å². The van der Waals surface area contributed by atoms with Gasteiger partial charge in [0.2, 0.25) is 11.9 Å². The van der Waals surface area contributed by atoms with Crippen LogP contribution in [0.5, 0.6) is 0 Å². The van der Waals surface area contributed by atoms with Crippen LogP contribution >= 0.6 is 0 Å². The van der Waals surface area contributed by atoms with Crippen LogP contribution in [0.3, 0.4) is 0 Å². The van der Waals surface area contributed by atoms with Crippen LogP contribution in [0.15, 0.2) is 6.07 Å². The fraction of sp³-hybridized carbons (Fsp3) is 0.643. The number of carbonyl (C=O) groups is 1. The molecule has 110 valence electrons. The lowest BCUT2D eigenvalue weighted by molar-refractivity contribution is -0.127. The molecule has 2 N–H and O–H groups in total. The zero-order valence-electron chi connectivity index (χ0n) is 12.5. The third-order valence-corrected chi connectivity index (χ3v) is 3.31. The Kier molecular flexibility index (Phi) is 4.23. The minimum atomic E-state index is -0.374. The van der Waals surface area contributed by atoms with Crippen LogP contribution in [0.2, 0.25) is 0 Å². The smallest absolute Gasteiger partial charge is 0.242 e. The highest BCUT2D eigenvalue weighted by Gasteiger charge is 2.33. The Morgan fingerprint density at radius 2 is 2.00 bits per heavy atom. The van der Waals surface area contributed by atoms with Crippen molar-refractivity contribution in [1.82, 2.24) is 15.3 Å². The second-order valence-electron chi connectivity index (χ2n) is 5.86. The van der Waals surface area contributed by atoms with Gasteiger partial charge in [-0.2, -0.15) is 0 Å². The Labute approximate surface area is 119 Å². The number of aromatic nitrogens is 2. The molecule has 1 aliphatic rings. The number of hydrogen-bond donors (Lipinski definition) is 2. The highest BCUT2D eigenvalue weighted by molar-refractivity contribution is 5.83. The van der Waals surface area contributed by atoms with Crippen molar-refractivity contribution in [2.24, 2.45) is 5.41 Å². The third-order valence-electron chi connectivity index (χ3n) is 3.31. The van der Waals surface area contributed by atoms with Gasteiger partial charge in [-0.25, -0.2) is 9.97 Å². The van der Waals surface area contributed by atoms with Gasteiger partial charge in [-0.3, -0.25) is 4.79 Å². The summed E-state index contributed by atoms with van der Waals surface area (Å²) in [6.07, 6.45) is 0. The molecule has 0 aromatic carbocycles. The van der Waals surface area contributed by atoms with Crippen LogP contribution in [0.4, 0.5) is 5.95 Å². The van der Waals surface area contributed by atoms with Crippen molar-refractivity contribution < 1.29 is 9.53 Å². The summed E-state index contributed by atoms with van der Waals surface area (Å²) in [6.45, 7) is 9.75. The Balaban J connectivity index is 1.86. The Morgan fingerprint density at radius 3 is 2.50 bits per heavy atom. The summed E-state index contributed by atoms with van der Waals surface area (Å²) < 4.78 is 5.17. The summed E-state index contributed by atoms with van der Waals surface area (Å²) in [5, 5.41) is 5.97. The Hall–Kier alpha value is -1.69. The van der Waals surface area contributed by atoms with Gasteiger partial charge in [0.15, 0.2) is 0 Å². The first-order valence-corrected chi connectivity index (χ1v) is 6.82. The number of carbonyl (C=O) groups excluding carboxylic acids is 1. The van der Waals surface area contributed by atoms with E-state index in [0.717, 1.165) is 11.4 Å². The fourth-order valence-corrected chi connectivity index (χ4v) is 2.06. The summed E-state index contributed by atoms with van der Waals surface area (Å²) in [4.78, 5) is 20.6. The molecule has 0 aliphatic carbocycles. The zero-order valence-corrected chi connectivity index (χ0v) is 12.5. The highest BCUT2D eigenvalue weighted by Crippen LogP contribution is 2.25. The monoisotopic (exact) mass is 278 g/mol. The second-order valence-corrected chi connectivity index (χ2v) is 5.86. The number of anilines is 1. The van der Waals surface area contributed by atoms with Crippen LogP contribution in [0.1, 0.15) is 25.2 Å². The molecule has 2 rings (SSSR count). The molecule has 1 aromatic heterocycles. The highest BCUT2D eigenvalue weighted by atomic mass is 16.5. The van der Waals surface area contributed by atoms with Gasteiger partial charge in [0.1, 0.15) is 6.04 Å². The molecule has 1 saturated heterocycles. The lowest BCUT2D eigenvalue weighted by Gasteiger charge is -2.38. The van der Waals surface area contributed by atoms with Crippen LogP contribution in [-0.2, 0) is 9.53 Å². The fourth-order valence-electron chi connectivity index (χ4n) is 2.06. The van der Waals surface area contributed by atoms with Crippen LogP contribution in [-0.4, -0.2) is 41.7 Å². The van der Waals surface area contributed by atoms with E-state index in [1.165, 1.54) is 0 Å². The summed E-state index contributed by atoms with van der Waals surface area (Å²) in [5.41, 5.74) is 1.84. The second kappa shape index (κ2) is 5.75. The van der Waals surface area contributed by atoms with E-state index in [2.05, 4.69) is 27.5 Å². The quantitative estimate of drug-likeness (QED) is 0.842. The van der Waals surface area contributed by atoms with E-state index in [9.17, 15) is 4.79 Å². The van der Waals surface area contributed by atoms with Crippen molar-refractivity contribution in [3.05, 3.63) is 17.5 Å². The molecular formula is C14H22N4O2. The number of amides is 1. The predicted octanol–water partition coefficient (Wildman–Crippen LogP) is 1.05. The van der Waals surface area contributed by atoms with Crippen molar-refractivity contribution in [2.75, 3.05) is 25.1 Å². The first-order chi connectivity index (χ1) is 9.38. The molecule has 2 heterocycles. The molecule has 1 fully saturated rings. The molecule has 0 bridgehead atoms. The predicted molar refractivity (Wildman–Crippen MR) is 76.5 cm³/mol. The normalized spacial score (nSPS) is 18.0. The molecule has 1 aliphatic heterocycles. The third kappa shape index (κ3) is 3.66. The van der Waals surface area contributed by atoms with Crippen molar-refractivity contribution in [1.29, 1.82) is 0 Å². The standard InChI is InChI=1S/C14H22N4O2/c1-9-5-10(2)17-13(16-9)18-11(3)12(19)15-6-14(4)7-20-8-14/h5,11H,6-8H2,1-4H3,(H,15,19)(H,16,17,18)/t11-/m0/s1. The molecule has 0 spiro atoms. The van der Waals surface area contributed by atoms with E-state index < -0.39 is 0 Å². The average Bonchev–Trinajstić information content (AvgIpc) is 2.32. The Morgan fingerprint density at radius 1 is 1.40 bits per heavy atom. The maximum atomic E-state index is 12.0. The van der Waals surface area contributed by atoms with Gasteiger partial charge in [0.25, 0.3) is 0 Å². The van der Waals surface area contributed by atoms with Gasteiger partial charge >= 0.3 is 0 Å². The molecule has 0 radical (unpaired) electrons. The summed E-state index contributed by atoms with van der Waals surface area (Å²) >= 11 is 0. The summed E-state index contributed by atoms with van der Waals surface area (Å²) in [5.74, 6) is 0.434. The summed E-state index contributed by atoms with van der Waals surface area (Å²) in [7, 11) is 0. The summed E-state index contributed by atoms with van der Waals surface area (Å²) in [6, 6.07) is 1.52. The van der Waals surface area contributed by atoms with Gasteiger partial charge in [0.05, 0.1) is 13.2 Å². The molecule has 6 nitrogen and oxygen atoms in total. The van der Waals surface area contributed by atoms with Crippen LogP contribution in [0, 0.1) is 19.3 Å². The van der Waals surface area contributed by atoms with Crippen molar-refractivity contribution in [3.8, 4) is 0 Å². The van der Waals surface area contributed by atoms with Gasteiger partial charge in [0, 0.05) is 23.3 Å². The maximum absolute atomic E-state index is 12.0. The van der Waals surface area contributed by atoms with Crippen molar-refractivity contribution in [2.45, 2.75) is 33.7 Å². The number of hydrogen-bond acceptors (Lipinski definition) is 5. The number of ether oxygens (including phenoxy) is 1. The van der Waals surface area contributed by atoms with Crippen LogP contribution in [0.25, 0.3) is 0 Å². The lowest BCUT2D eigenvalue weighted by atomic mass is 9.89. The first-order valence-electron chi connectivity index (χ1n) is 6.82. The molecule has 1 amide bonds. The van der Waals surface area contributed by atoms with E-state index in [1.54, 1.807) is 6.92 Å². The minimum absolute atomic E-state index is 0.0547. The van der Waals surface area contributed by atoms with Crippen molar-refractivity contribution in [3.63, 3.8) is 0 Å². The number of nitrogens with zero attached hydrogens (tertiary/aromatic N) is 2. The van der Waals surface area contributed by atoms with Crippen molar-refractivity contribution >= 4 is 11.9 Å². The molecule has 0 saturated carbocycles. The topological polar surface area (TPSA) is 76.1 Å². The van der Waals surface area contributed by atoms with Crippen LogP contribution < -0.4 is 10.6 Å². The number of aryl methyl sites for hydroxylation is 2. The zero-order chi connectivity index (χ0) is 14.8. The Bertz CT molecular complexity index is 480. The molecular weight excluding hydrogens is 256 g/mol. The average molecular weight is 278 g/mol. The van der Waals surface area contributed by atoms with E-state index in [4.69, 9.17) is 4.74 Å². The van der Waals surface area contributed by atoms with E-state index in [0.29, 0.717) is 25.7 Å². The molecule has 0 unspecified atom stereocenters. The molecule has 20 heavy (non-hydrogen) atoms. The SMILES string of the molecule is Cc1cc(C)nc(N[C@@H](C)C(=O)NCC2(C)COC2)n1. The molecule has 1 aromatic rings. The van der Waals surface area contributed by atoms with E-state index in [-0.39, 0.29) is 17.4 Å². The first kappa shape index (κ1) is 14.7. The van der Waals surface area contributed by atoms with E-state index in [1.807, 2.05) is 19.9 Å². The largest absolute Gasteiger partial charge is 0.380 e. The number of nitrogens with one attached hydrogen (secondary N) is 2. The maximum Gasteiger partial charge on any atom is 0.242 e. The minimum Gasteiger partial charge on any atom is -0.380 e. The van der Waals surface area contributed by atoms with Gasteiger partial charge < -0.3 is 15.4 Å². The number of rotatable bonds is 5. The van der Waals surface area contributed by atoms with Gasteiger partial charge in [-0.05, 0) is 26.8 Å². The van der Waals surface area contributed by atoms with Gasteiger partial charge in [-0.1, -0.05) is 6.92 Å². The molecule has 1 atom stereocenters. The van der Waals surface area contributed by atoms with E-state index >= 15 is 0 Å². The molecule has 6 heteroatoms. The lowest BCUT2D eigenvalue weighted by Crippen LogP contribution is -2.50.